The Morgan fingerprint density at radius 2 is 2.00 bits per heavy atom. The molecular weight excluding hydrogens is 202 g/mol. The Kier molecular flexibility index (Phi) is 6.07. The molecule has 0 unspecified atom stereocenters. The minimum absolute atomic E-state index is 0.194. The number of para-hydroxylation sites is 1. The second kappa shape index (κ2) is 7.74. The Morgan fingerprint density at radius 1 is 1.25 bits per heavy atom. The molecule has 0 fully saturated rings. The van der Waals surface area contributed by atoms with Crippen LogP contribution in [0.5, 0.6) is 0 Å². The van der Waals surface area contributed by atoms with Crippen molar-refractivity contribution in [3.63, 3.8) is 0 Å². The predicted molar refractivity (Wildman–Crippen MR) is 65.4 cm³/mol. The van der Waals surface area contributed by atoms with Crippen molar-refractivity contribution < 1.29 is 9.53 Å². The summed E-state index contributed by atoms with van der Waals surface area (Å²) in [6, 6.07) is 9.63. The van der Waals surface area contributed by atoms with E-state index in [4.69, 9.17) is 4.74 Å². The first-order valence-corrected chi connectivity index (χ1v) is 5.77. The fourth-order valence-corrected chi connectivity index (χ4v) is 1.32. The van der Waals surface area contributed by atoms with Crippen molar-refractivity contribution in [2.45, 2.75) is 26.2 Å². The van der Waals surface area contributed by atoms with Crippen LogP contribution in [0.1, 0.15) is 26.2 Å². The number of hydrogen-bond acceptors (Lipinski definition) is 3. The van der Waals surface area contributed by atoms with Crippen LogP contribution in [0.4, 0.5) is 5.69 Å². The molecule has 88 valence electrons. The predicted octanol–water partition coefficient (Wildman–Crippen LogP) is 2.83. The van der Waals surface area contributed by atoms with E-state index in [1.54, 1.807) is 0 Å². The van der Waals surface area contributed by atoms with Crippen LogP contribution in [0, 0.1) is 0 Å². The van der Waals surface area contributed by atoms with Crippen molar-refractivity contribution in [1.29, 1.82) is 0 Å². The first-order valence-electron chi connectivity index (χ1n) is 5.77. The van der Waals surface area contributed by atoms with Crippen LogP contribution in [0.2, 0.25) is 0 Å². The molecule has 1 N–H and O–H groups in total. The van der Waals surface area contributed by atoms with E-state index in [1.165, 1.54) is 0 Å². The molecule has 0 radical (unpaired) electrons. The molecule has 0 aliphatic carbocycles. The normalized spacial score (nSPS) is 9.81. The molecule has 0 atom stereocenters. The van der Waals surface area contributed by atoms with E-state index in [9.17, 15) is 4.79 Å². The standard InChI is InChI=1S/C13H19NO2/c1-2-3-7-10-16-13(15)11-14-12-8-5-4-6-9-12/h4-6,8-9,14H,2-3,7,10-11H2,1H3. The van der Waals surface area contributed by atoms with E-state index in [0.29, 0.717) is 6.61 Å². The maximum Gasteiger partial charge on any atom is 0.325 e. The lowest BCUT2D eigenvalue weighted by Crippen LogP contribution is -2.17. The molecule has 0 bridgehead atoms. The van der Waals surface area contributed by atoms with Gasteiger partial charge >= 0.3 is 5.97 Å². The number of nitrogens with one attached hydrogen (secondary N) is 1. The Labute approximate surface area is 96.8 Å². The molecule has 0 spiro atoms. The fourth-order valence-electron chi connectivity index (χ4n) is 1.32. The molecule has 0 aromatic heterocycles. The number of carbonyl (C=O) groups is 1. The van der Waals surface area contributed by atoms with Gasteiger partial charge in [0, 0.05) is 5.69 Å². The van der Waals surface area contributed by atoms with Crippen molar-refractivity contribution in [2.24, 2.45) is 0 Å². The van der Waals surface area contributed by atoms with Gasteiger partial charge in [-0.1, -0.05) is 38.0 Å². The molecular formula is C13H19NO2. The van der Waals surface area contributed by atoms with E-state index in [1.807, 2.05) is 30.3 Å². The first kappa shape index (κ1) is 12.6. The van der Waals surface area contributed by atoms with Gasteiger partial charge in [-0.3, -0.25) is 4.79 Å². The molecule has 3 heteroatoms. The fraction of sp³-hybridized carbons (Fsp3) is 0.462. The molecule has 3 nitrogen and oxygen atoms in total. The third-order valence-electron chi connectivity index (χ3n) is 2.22. The Hall–Kier alpha value is -1.51. The number of hydrogen-bond donors (Lipinski definition) is 1. The Balaban J connectivity index is 2.11. The van der Waals surface area contributed by atoms with Crippen LogP contribution in [0.3, 0.4) is 0 Å². The van der Waals surface area contributed by atoms with Gasteiger partial charge in [-0.15, -0.1) is 0 Å². The topological polar surface area (TPSA) is 38.3 Å². The van der Waals surface area contributed by atoms with Gasteiger partial charge in [0.2, 0.25) is 0 Å². The van der Waals surface area contributed by atoms with E-state index >= 15 is 0 Å². The monoisotopic (exact) mass is 221 g/mol. The summed E-state index contributed by atoms with van der Waals surface area (Å²) in [5, 5.41) is 3.01. The number of ether oxygens (including phenoxy) is 1. The molecule has 1 aromatic carbocycles. The van der Waals surface area contributed by atoms with Crippen LogP contribution < -0.4 is 5.32 Å². The highest BCUT2D eigenvalue weighted by Crippen LogP contribution is 2.04. The first-order chi connectivity index (χ1) is 7.83. The van der Waals surface area contributed by atoms with Crippen molar-refractivity contribution in [2.75, 3.05) is 18.5 Å². The van der Waals surface area contributed by atoms with Gasteiger partial charge in [-0.2, -0.15) is 0 Å². The summed E-state index contributed by atoms with van der Waals surface area (Å²) >= 11 is 0. The van der Waals surface area contributed by atoms with Crippen molar-refractivity contribution in [3.8, 4) is 0 Å². The van der Waals surface area contributed by atoms with E-state index < -0.39 is 0 Å². The summed E-state index contributed by atoms with van der Waals surface area (Å²) < 4.78 is 5.06. The van der Waals surface area contributed by atoms with Crippen molar-refractivity contribution in [3.05, 3.63) is 30.3 Å². The molecule has 16 heavy (non-hydrogen) atoms. The van der Waals surface area contributed by atoms with Gasteiger partial charge in [-0.05, 0) is 18.6 Å². The highest BCUT2D eigenvalue weighted by Gasteiger charge is 2.01. The zero-order valence-corrected chi connectivity index (χ0v) is 9.74. The lowest BCUT2D eigenvalue weighted by molar-refractivity contribution is -0.141. The van der Waals surface area contributed by atoms with Crippen LogP contribution in [-0.2, 0) is 9.53 Å². The SMILES string of the molecule is CCCCCOC(=O)CNc1ccccc1. The van der Waals surface area contributed by atoms with Gasteiger partial charge in [0.05, 0.1) is 6.61 Å². The van der Waals surface area contributed by atoms with E-state index in [-0.39, 0.29) is 12.5 Å². The summed E-state index contributed by atoms with van der Waals surface area (Å²) in [6.45, 7) is 2.89. The second-order valence-electron chi connectivity index (χ2n) is 3.65. The van der Waals surface area contributed by atoms with Gasteiger partial charge in [0.1, 0.15) is 6.54 Å². The number of unbranched alkanes of at least 4 members (excludes halogenated alkanes) is 2. The van der Waals surface area contributed by atoms with Crippen LogP contribution in [0.15, 0.2) is 30.3 Å². The number of esters is 1. The highest BCUT2D eigenvalue weighted by molar-refractivity contribution is 5.74. The summed E-state index contributed by atoms with van der Waals surface area (Å²) in [5.41, 5.74) is 0.938. The minimum atomic E-state index is -0.194. The molecule has 0 saturated carbocycles. The average Bonchev–Trinajstić information content (AvgIpc) is 2.33. The molecule has 0 heterocycles. The van der Waals surface area contributed by atoms with Gasteiger partial charge in [0.25, 0.3) is 0 Å². The summed E-state index contributed by atoms with van der Waals surface area (Å²) in [5.74, 6) is -0.194. The summed E-state index contributed by atoms with van der Waals surface area (Å²) in [6.07, 6.45) is 3.20. The van der Waals surface area contributed by atoms with E-state index in [0.717, 1.165) is 24.9 Å². The maximum absolute atomic E-state index is 11.3. The van der Waals surface area contributed by atoms with Crippen molar-refractivity contribution >= 4 is 11.7 Å². The number of anilines is 1. The van der Waals surface area contributed by atoms with Crippen LogP contribution in [-0.4, -0.2) is 19.1 Å². The molecule has 1 aromatic rings. The number of benzene rings is 1. The summed E-state index contributed by atoms with van der Waals surface area (Å²) in [7, 11) is 0. The quantitative estimate of drug-likeness (QED) is 0.568. The summed E-state index contributed by atoms with van der Waals surface area (Å²) in [4.78, 5) is 11.3. The molecule has 0 saturated heterocycles. The third-order valence-corrected chi connectivity index (χ3v) is 2.22. The Bertz CT molecular complexity index is 298. The lowest BCUT2D eigenvalue weighted by atomic mass is 10.3. The third kappa shape index (κ3) is 5.39. The number of carbonyl (C=O) groups excluding carboxylic acids is 1. The maximum atomic E-state index is 11.3. The van der Waals surface area contributed by atoms with E-state index in [2.05, 4.69) is 12.2 Å². The average molecular weight is 221 g/mol. The molecule has 0 aliphatic rings. The van der Waals surface area contributed by atoms with Crippen LogP contribution >= 0.6 is 0 Å². The van der Waals surface area contributed by atoms with Crippen LogP contribution in [0.25, 0.3) is 0 Å². The molecule has 1 rings (SSSR count). The zero-order valence-electron chi connectivity index (χ0n) is 9.74. The number of rotatable bonds is 7. The highest BCUT2D eigenvalue weighted by atomic mass is 16.5. The molecule has 0 aliphatic heterocycles. The van der Waals surface area contributed by atoms with Gasteiger partial charge in [0.15, 0.2) is 0 Å². The second-order valence-corrected chi connectivity index (χ2v) is 3.65. The smallest absolute Gasteiger partial charge is 0.325 e. The minimum Gasteiger partial charge on any atom is -0.464 e. The molecule has 0 amide bonds. The lowest BCUT2D eigenvalue weighted by Gasteiger charge is -2.06. The van der Waals surface area contributed by atoms with Crippen molar-refractivity contribution in [1.82, 2.24) is 0 Å². The largest absolute Gasteiger partial charge is 0.464 e. The van der Waals surface area contributed by atoms with Gasteiger partial charge < -0.3 is 10.1 Å². The zero-order chi connectivity index (χ0) is 11.6. The van der Waals surface area contributed by atoms with Gasteiger partial charge in [-0.25, -0.2) is 0 Å². The Morgan fingerprint density at radius 3 is 2.69 bits per heavy atom.